The molecule has 0 atom stereocenters. The van der Waals surface area contributed by atoms with Crippen molar-refractivity contribution in [1.82, 2.24) is 9.97 Å². The van der Waals surface area contributed by atoms with Crippen LogP contribution in [0.2, 0.25) is 0 Å². The molecule has 7 heteroatoms. The van der Waals surface area contributed by atoms with E-state index in [-0.39, 0.29) is 5.69 Å². The van der Waals surface area contributed by atoms with Crippen molar-refractivity contribution in [2.75, 3.05) is 5.43 Å². The zero-order valence-electron chi connectivity index (χ0n) is 15.8. The SMILES string of the molecule is O=[N+]([O-])c1ccccc1/C=N\Nc1nc(-c2ccccc2)cc(-c2ccccc2)n1. The average molecular weight is 395 g/mol. The highest BCUT2D eigenvalue weighted by Crippen LogP contribution is 2.25. The highest BCUT2D eigenvalue weighted by Gasteiger charge is 2.11. The largest absolute Gasteiger partial charge is 0.278 e. The van der Waals surface area contributed by atoms with Gasteiger partial charge in [0.2, 0.25) is 5.95 Å². The maximum absolute atomic E-state index is 11.2. The summed E-state index contributed by atoms with van der Waals surface area (Å²) in [7, 11) is 0. The Morgan fingerprint density at radius 2 is 1.33 bits per heavy atom. The van der Waals surface area contributed by atoms with Crippen molar-refractivity contribution >= 4 is 17.9 Å². The zero-order valence-corrected chi connectivity index (χ0v) is 15.8. The number of para-hydroxylation sites is 1. The minimum atomic E-state index is -0.443. The van der Waals surface area contributed by atoms with Crippen LogP contribution in [0.25, 0.3) is 22.5 Å². The van der Waals surface area contributed by atoms with E-state index in [0.29, 0.717) is 11.5 Å². The van der Waals surface area contributed by atoms with E-state index >= 15 is 0 Å². The van der Waals surface area contributed by atoms with Gasteiger partial charge in [-0.05, 0) is 12.1 Å². The van der Waals surface area contributed by atoms with E-state index in [0.717, 1.165) is 22.5 Å². The molecule has 146 valence electrons. The number of nitrogens with one attached hydrogen (secondary N) is 1. The first-order chi connectivity index (χ1) is 14.7. The summed E-state index contributed by atoms with van der Waals surface area (Å²) in [5.74, 6) is 0.296. The van der Waals surface area contributed by atoms with Gasteiger partial charge in [-0.15, -0.1) is 0 Å². The van der Waals surface area contributed by atoms with Crippen molar-refractivity contribution in [1.29, 1.82) is 0 Å². The second-order valence-electron chi connectivity index (χ2n) is 6.38. The summed E-state index contributed by atoms with van der Waals surface area (Å²) in [6.07, 6.45) is 1.39. The first-order valence-electron chi connectivity index (χ1n) is 9.23. The molecule has 3 aromatic carbocycles. The Labute approximate surface area is 172 Å². The van der Waals surface area contributed by atoms with Crippen LogP contribution < -0.4 is 5.43 Å². The summed E-state index contributed by atoms with van der Waals surface area (Å²) in [4.78, 5) is 19.8. The molecule has 0 bridgehead atoms. The number of nitro groups is 1. The number of hydrogen-bond acceptors (Lipinski definition) is 6. The molecule has 7 nitrogen and oxygen atoms in total. The lowest BCUT2D eigenvalue weighted by Crippen LogP contribution is -2.01. The molecule has 0 saturated heterocycles. The fourth-order valence-corrected chi connectivity index (χ4v) is 2.93. The molecule has 4 aromatic rings. The number of nitro benzene ring substituents is 1. The third-order valence-corrected chi connectivity index (χ3v) is 4.37. The molecule has 30 heavy (non-hydrogen) atoms. The smallest absolute Gasteiger partial charge is 0.258 e. The van der Waals surface area contributed by atoms with E-state index < -0.39 is 4.92 Å². The van der Waals surface area contributed by atoms with E-state index in [1.807, 2.05) is 66.7 Å². The average Bonchev–Trinajstić information content (AvgIpc) is 2.80. The Kier molecular flexibility index (Phi) is 5.52. The van der Waals surface area contributed by atoms with E-state index in [4.69, 9.17) is 0 Å². The van der Waals surface area contributed by atoms with E-state index in [1.54, 1.807) is 18.2 Å². The number of hydrazone groups is 1. The lowest BCUT2D eigenvalue weighted by molar-refractivity contribution is -0.385. The lowest BCUT2D eigenvalue weighted by atomic mass is 10.1. The standard InChI is InChI=1S/C23H17N5O2/c29-28(30)22-14-8-7-13-19(22)16-24-27-23-25-20(17-9-3-1-4-10-17)15-21(26-23)18-11-5-2-6-12-18/h1-16H,(H,25,26,27)/b24-16-. The highest BCUT2D eigenvalue weighted by molar-refractivity contribution is 5.85. The minimum Gasteiger partial charge on any atom is -0.258 e. The predicted octanol–water partition coefficient (Wildman–Crippen LogP) is 5.16. The third-order valence-electron chi connectivity index (χ3n) is 4.37. The van der Waals surface area contributed by atoms with Gasteiger partial charge >= 0.3 is 0 Å². The normalized spacial score (nSPS) is 10.8. The van der Waals surface area contributed by atoms with Gasteiger partial charge in [0.25, 0.3) is 5.69 Å². The first-order valence-corrected chi connectivity index (χ1v) is 9.23. The Hall–Kier alpha value is -4.39. The summed E-state index contributed by atoms with van der Waals surface area (Å²) in [5, 5.41) is 15.3. The number of hydrogen-bond donors (Lipinski definition) is 1. The van der Waals surface area contributed by atoms with Crippen molar-refractivity contribution < 1.29 is 4.92 Å². The van der Waals surface area contributed by atoms with Gasteiger partial charge in [0.1, 0.15) is 0 Å². The molecule has 0 amide bonds. The van der Waals surface area contributed by atoms with Gasteiger partial charge < -0.3 is 0 Å². The number of rotatable bonds is 6. The molecular formula is C23H17N5O2. The second-order valence-corrected chi connectivity index (χ2v) is 6.38. The van der Waals surface area contributed by atoms with Crippen LogP contribution in [0.4, 0.5) is 11.6 Å². The molecular weight excluding hydrogens is 378 g/mol. The van der Waals surface area contributed by atoms with Gasteiger partial charge in [-0.2, -0.15) is 5.10 Å². The van der Waals surface area contributed by atoms with Crippen LogP contribution in [0.3, 0.4) is 0 Å². The molecule has 0 unspecified atom stereocenters. The van der Waals surface area contributed by atoms with Gasteiger partial charge in [0.15, 0.2) is 0 Å². The Balaban J connectivity index is 1.68. The maximum atomic E-state index is 11.2. The molecule has 1 heterocycles. The van der Waals surface area contributed by atoms with E-state index in [2.05, 4.69) is 20.5 Å². The molecule has 0 radical (unpaired) electrons. The van der Waals surface area contributed by atoms with E-state index in [9.17, 15) is 10.1 Å². The van der Waals surface area contributed by atoms with Crippen LogP contribution >= 0.6 is 0 Å². The zero-order chi connectivity index (χ0) is 20.8. The first kappa shape index (κ1) is 18.9. The maximum Gasteiger partial charge on any atom is 0.278 e. The second kappa shape index (κ2) is 8.74. The fourth-order valence-electron chi connectivity index (χ4n) is 2.93. The van der Waals surface area contributed by atoms with Crippen molar-refractivity contribution in [3.8, 4) is 22.5 Å². The molecule has 0 aliphatic rings. The Morgan fingerprint density at radius 3 is 1.90 bits per heavy atom. The molecule has 0 aliphatic heterocycles. The van der Waals surface area contributed by atoms with Gasteiger partial charge in [-0.3, -0.25) is 10.1 Å². The molecule has 0 saturated carbocycles. The summed E-state index contributed by atoms with van der Waals surface area (Å²) >= 11 is 0. The van der Waals surface area contributed by atoms with Crippen molar-refractivity contribution in [3.63, 3.8) is 0 Å². The monoisotopic (exact) mass is 395 g/mol. The predicted molar refractivity (Wildman–Crippen MR) is 117 cm³/mol. The number of anilines is 1. The van der Waals surface area contributed by atoms with Crippen LogP contribution in [0.5, 0.6) is 0 Å². The summed E-state index contributed by atoms with van der Waals surface area (Å²) in [6.45, 7) is 0. The van der Waals surface area contributed by atoms with Gasteiger partial charge in [-0.25, -0.2) is 15.4 Å². The highest BCUT2D eigenvalue weighted by atomic mass is 16.6. The molecule has 0 spiro atoms. The third kappa shape index (κ3) is 4.36. The Bertz CT molecular complexity index is 1140. The number of aromatic nitrogens is 2. The molecule has 1 N–H and O–H groups in total. The summed E-state index contributed by atoms with van der Waals surface area (Å²) in [5.41, 5.74) is 6.55. The summed E-state index contributed by atoms with van der Waals surface area (Å²) in [6, 6.07) is 27.8. The van der Waals surface area contributed by atoms with Crippen LogP contribution in [0, 0.1) is 10.1 Å². The van der Waals surface area contributed by atoms with Crippen molar-refractivity contribution in [2.45, 2.75) is 0 Å². The van der Waals surface area contributed by atoms with E-state index in [1.165, 1.54) is 12.3 Å². The lowest BCUT2D eigenvalue weighted by Gasteiger charge is -2.08. The number of benzene rings is 3. The van der Waals surface area contributed by atoms with Gasteiger partial charge in [0.05, 0.1) is 28.1 Å². The quantitative estimate of drug-likeness (QED) is 0.276. The molecule has 1 aromatic heterocycles. The van der Waals surface area contributed by atoms with Crippen LogP contribution in [0.15, 0.2) is 96.1 Å². The van der Waals surface area contributed by atoms with Crippen LogP contribution in [0.1, 0.15) is 5.56 Å². The van der Waals surface area contributed by atoms with Crippen molar-refractivity contribution in [2.24, 2.45) is 5.10 Å². The number of nitrogens with zero attached hydrogens (tertiary/aromatic N) is 4. The van der Waals surface area contributed by atoms with Gasteiger partial charge in [0, 0.05) is 17.2 Å². The summed E-state index contributed by atoms with van der Waals surface area (Å²) < 4.78 is 0. The molecule has 0 fully saturated rings. The fraction of sp³-hybridized carbons (Fsp3) is 0. The Morgan fingerprint density at radius 1 is 0.800 bits per heavy atom. The minimum absolute atomic E-state index is 0.0213. The van der Waals surface area contributed by atoms with Crippen molar-refractivity contribution in [3.05, 3.63) is 107 Å². The van der Waals surface area contributed by atoms with Gasteiger partial charge in [-0.1, -0.05) is 72.8 Å². The van der Waals surface area contributed by atoms with Crippen LogP contribution in [-0.2, 0) is 0 Å². The molecule has 0 aliphatic carbocycles. The molecule has 4 rings (SSSR count). The topological polar surface area (TPSA) is 93.3 Å². The van der Waals surface area contributed by atoms with Crippen LogP contribution in [-0.4, -0.2) is 21.1 Å².